The van der Waals surface area contributed by atoms with E-state index in [1.807, 2.05) is 0 Å². The lowest BCUT2D eigenvalue weighted by Gasteiger charge is -2.45. The fourth-order valence-corrected chi connectivity index (χ4v) is 5.12. The van der Waals surface area contributed by atoms with Gasteiger partial charge in [-0.2, -0.15) is 0 Å². The van der Waals surface area contributed by atoms with Crippen molar-refractivity contribution in [3.8, 4) is 0 Å². The smallest absolute Gasteiger partial charge is 0.248 e. The highest BCUT2D eigenvalue weighted by atomic mass is 16.3. The first-order valence-electron chi connectivity index (χ1n) is 9.95. The van der Waals surface area contributed by atoms with Crippen LogP contribution in [0.2, 0.25) is 0 Å². The van der Waals surface area contributed by atoms with Gasteiger partial charge in [0.05, 0.1) is 0 Å². The van der Waals surface area contributed by atoms with Gasteiger partial charge >= 0.3 is 0 Å². The number of carbonyl (C=O) groups excluding carboxylic acids is 1. The predicted octanol–water partition coefficient (Wildman–Crippen LogP) is 2.94. The Labute approximate surface area is 141 Å². The van der Waals surface area contributed by atoms with Crippen LogP contribution in [0.3, 0.4) is 0 Å². The number of hydrogen-bond acceptors (Lipinski definition) is 3. The Morgan fingerprint density at radius 3 is 1.91 bits per heavy atom. The maximum Gasteiger partial charge on any atom is 0.248 e. The van der Waals surface area contributed by atoms with Crippen LogP contribution in [0.5, 0.6) is 0 Å². The molecule has 4 heteroatoms. The summed E-state index contributed by atoms with van der Waals surface area (Å²) < 4.78 is 0. The van der Waals surface area contributed by atoms with Gasteiger partial charge in [-0.25, -0.2) is 0 Å². The van der Waals surface area contributed by atoms with Crippen LogP contribution in [0.4, 0.5) is 0 Å². The minimum atomic E-state index is -0.320. The number of likely N-dealkylation sites (tertiary alicyclic amines) is 1. The molecular formula is C19H34N2O2. The molecule has 3 fully saturated rings. The molecular weight excluding hydrogens is 288 g/mol. The Morgan fingerprint density at radius 2 is 1.35 bits per heavy atom. The highest BCUT2D eigenvalue weighted by Crippen LogP contribution is 2.30. The van der Waals surface area contributed by atoms with E-state index in [9.17, 15) is 9.90 Å². The summed E-state index contributed by atoms with van der Waals surface area (Å²) in [6.07, 6.45) is 15.2. The minimum Gasteiger partial charge on any atom is -0.387 e. The Morgan fingerprint density at radius 1 is 0.826 bits per heavy atom. The summed E-state index contributed by atoms with van der Waals surface area (Å²) in [6, 6.07) is 1.54. The molecule has 23 heavy (non-hydrogen) atoms. The van der Waals surface area contributed by atoms with Crippen LogP contribution in [0.25, 0.3) is 0 Å². The molecule has 3 aliphatic rings. The molecule has 0 aromatic heterocycles. The van der Waals surface area contributed by atoms with Crippen molar-refractivity contribution >= 4 is 5.91 Å². The maximum atomic E-state index is 12.4. The van der Waals surface area contributed by atoms with E-state index in [0.29, 0.717) is 12.1 Å². The van der Waals surface area contributed by atoms with Crippen molar-refractivity contribution in [1.82, 2.24) is 9.80 Å². The van der Waals surface area contributed by atoms with E-state index >= 15 is 0 Å². The summed E-state index contributed by atoms with van der Waals surface area (Å²) in [5.74, 6) is -0.0342. The van der Waals surface area contributed by atoms with Crippen molar-refractivity contribution in [2.24, 2.45) is 0 Å². The minimum absolute atomic E-state index is 0.0342. The van der Waals surface area contributed by atoms with Crippen LogP contribution in [0, 0.1) is 0 Å². The highest BCUT2D eigenvalue weighted by molar-refractivity contribution is 5.78. The largest absolute Gasteiger partial charge is 0.387 e. The molecule has 4 nitrogen and oxygen atoms in total. The molecule has 1 N–H and O–H groups in total. The molecule has 0 atom stereocenters. The molecule has 0 aromatic rings. The Balaban J connectivity index is 1.57. The van der Waals surface area contributed by atoms with Crippen molar-refractivity contribution < 1.29 is 9.90 Å². The molecule has 0 bridgehead atoms. The van der Waals surface area contributed by atoms with E-state index in [1.54, 1.807) is 0 Å². The Bertz CT molecular complexity index is 368. The Kier molecular flexibility index (Phi) is 6.35. The lowest BCUT2D eigenvalue weighted by Crippen LogP contribution is -2.54. The first-order valence-corrected chi connectivity index (χ1v) is 9.95. The number of hydrogen-bond donors (Lipinski definition) is 1. The number of nitrogens with zero attached hydrogens (tertiary/aromatic N) is 2. The van der Waals surface area contributed by atoms with Gasteiger partial charge in [-0.05, 0) is 38.5 Å². The molecule has 0 radical (unpaired) electrons. The highest BCUT2D eigenvalue weighted by Gasteiger charge is 2.34. The standard InChI is InChI=1S/C19H34N2O2/c22-15-19(23)21(17-9-5-2-6-10-17)18-11-13-20(14-12-18)16-7-3-1-4-8-16/h16-18,22H,1-15H2. The first-order chi connectivity index (χ1) is 11.3. The quantitative estimate of drug-likeness (QED) is 0.865. The molecule has 0 aromatic carbocycles. The van der Waals surface area contributed by atoms with E-state index < -0.39 is 0 Å². The van der Waals surface area contributed by atoms with E-state index in [1.165, 1.54) is 51.4 Å². The molecule has 1 saturated heterocycles. The molecule has 1 aliphatic heterocycles. The van der Waals surface area contributed by atoms with Gasteiger partial charge in [0.1, 0.15) is 6.61 Å². The second-order valence-electron chi connectivity index (χ2n) is 7.81. The summed E-state index contributed by atoms with van der Waals surface area (Å²) in [4.78, 5) is 17.1. The van der Waals surface area contributed by atoms with Crippen LogP contribution in [-0.4, -0.2) is 58.6 Å². The van der Waals surface area contributed by atoms with Crippen molar-refractivity contribution in [3.05, 3.63) is 0 Å². The summed E-state index contributed by atoms with van der Waals surface area (Å²) >= 11 is 0. The molecule has 3 rings (SSSR count). The van der Waals surface area contributed by atoms with Crippen LogP contribution in [-0.2, 0) is 4.79 Å². The molecule has 1 amide bonds. The predicted molar refractivity (Wildman–Crippen MR) is 92.3 cm³/mol. The van der Waals surface area contributed by atoms with Crippen LogP contribution in [0.1, 0.15) is 77.0 Å². The molecule has 0 spiro atoms. The first kappa shape index (κ1) is 17.2. The van der Waals surface area contributed by atoms with Gasteiger partial charge in [0, 0.05) is 31.2 Å². The average Bonchev–Trinajstić information content (AvgIpc) is 2.64. The van der Waals surface area contributed by atoms with Gasteiger partial charge in [0.25, 0.3) is 0 Å². The summed E-state index contributed by atoms with van der Waals surface area (Å²) in [5.41, 5.74) is 0. The number of aliphatic hydroxyl groups is 1. The van der Waals surface area contributed by atoms with E-state index in [2.05, 4.69) is 9.80 Å². The molecule has 1 heterocycles. The van der Waals surface area contributed by atoms with Gasteiger partial charge in [-0.3, -0.25) is 4.79 Å². The lowest BCUT2D eigenvalue weighted by atomic mass is 9.89. The summed E-state index contributed by atoms with van der Waals surface area (Å²) in [7, 11) is 0. The second-order valence-corrected chi connectivity index (χ2v) is 7.81. The molecule has 132 valence electrons. The fourth-order valence-electron chi connectivity index (χ4n) is 5.12. The molecule has 0 unspecified atom stereocenters. The Hall–Kier alpha value is -0.610. The van der Waals surface area contributed by atoms with Crippen molar-refractivity contribution in [3.63, 3.8) is 0 Å². The summed E-state index contributed by atoms with van der Waals surface area (Å²) in [6.45, 7) is 1.95. The van der Waals surface area contributed by atoms with Crippen molar-refractivity contribution in [2.45, 2.75) is 95.2 Å². The monoisotopic (exact) mass is 322 g/mol. The third-order valence-corrected chi connectivity index (χ3v) is 6.37. The van der Waals surface area contributed by atoms with Gasteiger partial charge in [0.15, 0.2) is 0 Å². The number of amides is 1. The van der Waals surface area contributed by atoms with Crippen LogP contribution < -0.4 is 0 Å². The van der Waals surface area contributed by atoms with Crippen molar-refractivity contribution in [2.75, 3.05) is 19.7 Å². The van der Waals surface area contributed by atoms with Gasteiger partial charge < -0.3 is 14.9 Å². The third kappa shape index (κ3) is 4.27. The zero-order valence-corrected chi connectivity index (χ0v) is 14.6. The topological polar surface area (TPSA) is 43.8 Å². The SMILES string of the molecule is O=C(CO)N(C1CCCCC1)C1CCN(C2CCCCC2)CC1. The van der Waals surface area contributed by atoms with E-state index in [0.717, 1.165) is 44.8 Å². The van der Waals surface area contributed by atoms with Crippen LogP contribution >= 0.6 is 0 Å². The number of rotatable bonds is 4. The maximum absolute atomic E-state index is 12.4. The average molecular weight is 322 g/mol. The second kappa shape index (κ2) is 8.48. The van der Waals surface area contributed by atoms with Crippen molar-refractivity contribution in [1.29, 1.82) is 0 Å². The zero-order valence-electron chi connectivity index (χ0n) is 14.6. The number of aliphatic hydroxyl groups excluding tert-OH is 1. The molecule has 2 saturated carbocycles. The van der Waals surface area contributed by atoms with Gasteiger partial charge in [0.2, 0.25) is 5.91 Å². The number of piperidine rings is 1. The van der Waals surface area contributed by atoms with E-state index in [4.69, 9.17) is 0 Å². The van der Waals surface area contributed by atoms with Gasteiger partial charge in [-0.15, -0.1) is 0 Å². The normalized spacial score (nSPS) is 26.3. The summed E-state index contributed by atoms with van der Waals surface area (Å²) in [5, 5.41) is 9.42. The number of carbonyl (C=O) groups is 1. The van der Waals surface area contributed by atoms with Gasteiger partial charge in [-0.1, -0.05) is 38.5 Å². The molecule has 2 aliphatic carbocycles. The van der Waals surface area contributed by atoms with E-state index in [-0.39, 0.29) is 12.5 Å². The lowest BCUT2D eigenvalue weighted by molar-refractivity contribution is -0.141. The van der Waals surface area contributed by atoms with Crippen LogP contribution in [0.15, 0.2) is 0 Å². The third-order valence-electron chi connectivity index (χ3n) is 6.37. The fraction of sp³-hybridized carbons (Fsp3) is 0.947. The zero-order chi connectivity index (χ0) is 16.1.